The van der Waals surface area contributed by atoms with Gasteiger partial charge in [-0.2, -0.15) is 0 Å². The molecule has 2 atom stereocenters. The number of nitrogens with zero attached hydrogens (tertiary/aromatic N) is 1. The lowest BCUT2D eigenvalue weighted by Crippen LogP contribution is -2.52. The average Bonchev–Trinajstić information content (AvgIpc) is 3.38. The first-order valence-corrected chi connectivity index (χ1v) is 13.0. The van der Waals surface area contributed by atoms with E-state index in [4.69, 9.17) is 29.0 Å². The minimum atomic E-state index is -1.29. The Kier molecular flexibility index (Phi) is 9.77. The number of aliphatic hydroxyl groups excluding tert-OH is 1. The zero-order valence-corrected chi connectivity index (χ0v) is 22.8. The van der Waals surface area contributed by atoms with Crippen LogP contribution in [0.4, 0.5) is 0 Å². The zero-order chi connectivity index (χ0) is 28.4. The van der Waals surface area contributed by atoms with E-state index in [2.05, 4.69) is 17.4 Å². The number of amides is 1. The monoisotopic (exact) mass is 545 g/mol. The molecule has 0 aromatic heterocycles. The van der Waals surface area contributed by atoms with Gasteiger partial charge in [0.05, 0.1) is 20.8 Å². The van der Waals surface area contributed by atoms with Gasteiger partial charge in [-0.1, -0.05) is 42.5 Å². The van der Waals surface area contributed by atoms with Gasteiger partial charge >= 0.3 is 0 Å². The van der Waals surface area contributed by atoms with Crippen molar-refractivity contribution in [1.29, 1.82) is 0 Å². The molecular formula is C31H35N3O6. The van der Waals surface area contributed by atoms with Crippen molar-refractivity contribution < 1.29 is 28.8 Å². The summed E-state index contributed by atoms with van der Waals surface area (Å²) in [6.07, 6.45) is 1.81. The summed E-state index contributed by atoms with van der Waals surface area (Å²) in [6, 6.07) is 22.4. The van der Waals surface area contributed by atoms with E-state index in [1.807, 2.05) is 72.8 Å². The number of aliphatic hydroxyl groups is 1. The van der Waals surface area contributed by atoms with Crippen molar-refractivity contribution in [2.24, 2.45) is 4.99 Å². The molecule has 9 nitrogen and oxygen atoms in total. The summed E-state index contributed by atoms with van der Waals surface area (Å²) in [7, 11) is 3.16. The number of carbonyl (C=O) groups is 1. The number of hydrazine groups is 1. The Balaban J connectivity index is 1.57. The summed E-state index contributed by atoms with van der Waals surface area (Å²) in [4.78, 5) is 18.7. The number of methoxy groups -OCH3 is 2. The molecule has 0 unspecified atom stereocenters. The van der Waals surface area contributed by atoms with Crippen molar-refractivity contribution in [1.82, 2.24) is 10.9 Å². The molecule has 0 bridgehead atoms. The van der Waals surface area contributed by atoms with Crippen LogP contribution in [0.2, 0.25) is 0 Å². The number of carbonyl (C=O) groups excluding carboxylic acids is 1. The van der Waals surface area contributed by atoms with E-state index in [-0.39, 0.29) is 18.9 Å². The summed E-state index contributed by atoms with van der Waals surface area (Å²) in [5, 5.41) is 8.97. The van der Waals surface area contributed by atoms with E-state index in [1.165, 1.54) is 0 Å². The van der Waals surface area contributed by atoms with Crippen LogP contribution >= 0.6 is 0 Å². The Bertz CT molecular complexity index is 1310. The number of hydrogen-bond acceptors (Lipinski definition) is 8. The molecule has 210 valence electrons. The van der Waals surface area contributed by atoms with Crippen LogP contribution in [0.15, 0.2) is 90.4 Å². The largest absolute Gasteiger partial charge is 0.494 e. The molecule has 1 aliphatic rings. The molecule has 0 fully saturated rings. The summed E-state index contributed by atoms with van der Waals surface area (Å²) >= 11 is 0. The molecule has 4 rings (SSSR count). The molecule has 3 N–H and O–H groups in total. The fourth-order valence-electron chi connectivity index (χ4n) is 4.49. The highest BCUT2D eigenvalue weighted by atomic mass is 16.5. The van der Waals surface area contributed by atoms with E-state index in [9.17, 15) is 4.79 Å². The third-order valence-electron chi connectivity index (χ3n) is 6.53. The van der Waals surface area contributed by atoms with Gasteiger partial charge < -0.3 is 24.1 Å². The Labute approximate surface area is 234 Å². The van der Waals surface area contributed by atoms with Crippen molar-refractivity contribution in [3.63, 3.8) is 0 Å². The molecule has 9 heteroatoms. The maximum Gasteiger partial charge on any atom is 0.266 e. The second-order valence-corrected chi connectivity index (χ2v) is 9.19. The van der Waals surface area contributed by atoms with E-state index >= 15 is 0 Å². The third-order valence-corrected chi connectivity index (χ3v) is 6.53. The minimum absolute atomic E-state index is 0.0696. The Morgan fingerprint density at radius 1 is 1.07 bits per heavy atom. The van der Waals surface area contributed by atoms with Crippen molar-refractivity contribution in [2.75, 3.05) is 27.4 Å². The van der Waals surface area contributed by atoms with Crippen LogP contribution in [0, 0.1) is 0 Å². The van der Waals surface area contributed by atoms with Crippen LogP contribution in [0.5, 0.6) is 17.2 Å². The molecular weight excluding hydrogens is 510 g/mol. The van der Waals surface area contributed by atoms with Crippen LogP contribution in [-0.4, -0.2) is 49.9 Å². The van der Waals surface area contributed by atoms with E-state index < -0.39 is 11.6 Å². The summed E-state index contributed by atoms with van der Waals surface area (Å²) < 4.78 is 22.7. The number of rotatable bonds is 14. The highest BCUT2D eigenvalue weighted by molar-refractivity contribution is 6.01. The fraction of sp³-hybridized carbons (Fsp3) is 0.290. The average molecular weight is 546 g/mol. The van der Waals surface area contributed by atoms with Crippen molar-refractivity contribution in [3.05, 3.63) is 102 Å². The maximum absolute atomic E-state index is 13.8. The van der Waals surface area contributed by atoms with E-state index in [1.54, 1.807) is 20.3 Å². The predicted molar refractivity (Wildman–Crippen MR) is 153 cm³/mol. The Morgan fingerprint density at radius 3 is 2.50 bits per heavy atom. The van der Waals surface area contributed by atoms with Gasteiger partial charge in [0.25, 0.3) is 5.91 Å². The Morgan fingerprint density at radius 2 is 1.82 bits per heavy atom. The number of benzene rings is 3. The third kappa shape index (κ3) is 6.44. The molecule has 3 aromatic rings. The van der Waals surface area contributed by atoms with Gasteiger partial charge in [-0.05, 0) is 47.5 Å². The smallest absolute Gasteiger partial charge is 0.266 e. The second-order valence-electron chi connectivity index (χ2n) is 9.19. The molecule has 0 saturated heterocycles. The summed E-state index contributed by atoms with van der Waals surface area (Å²) in [5.74, 6) is 1.91. The quantitative estimate of drug-likeness (QED) is 0.159. The van der Waals surface area contributed by atoms with Gasteiger partial charge in [-0.25, -0.2) is 10.4 Å². The van der Waals surface area contributed by atoms with Gasteiger partial charge in [-0.15, -0.1) is 6.58 Å². The second kappa shape index (κ2) is 13.6. The van der Waals surface area contributed by atoms with Crippen LogP contribution in [0.1, 0.15) is 35.6 Å². The molecule has 3 aromatic carbocycles. The lowest BCUT2D eigenvalue weighted by molar-refractivity contribution is -0.129. The SMILES string of the molecule is C=CC[C@]1(C(=O)NNCc2ccc(OC)c(OC)c2)N=C(c2ccc(OCCCO)cc2)O[C@H]1c1ccccc1. The summed E-state index contributed by atoms with van der Waals surface area (Å²) in [6.45, 7) is 4.74. The maximum atomic E-state index is 13.8. The normalized spacial score (nSPS) is 17.9. The van der Waals surface area contributed by atoms with E-state index in [0.29, 0.717) is 48.3 Å². The number of aliphatic imine (C=N–C) groups is 1. The van der Waals surface area contributed by atoms with Gasteiger partial charge in [0.1, 0.15) is 5.75 Å². The Hall–Kier alpha value is -4.34. The first-order valence-electron chi connectivity index (χ1n) is 13.0. The lowest BCUT2D eigenvalue weighted by atomic mass is 9.84. The first kappa shape index (κ1) is 28.7. The molecule has 0 radical (unpaired) electrons. The van der Waals surface area contributed by atoms with Gasteiger partial charge in [0, 0.05) is 31.6 Å². The highest BCUT2D eigenvalue weighted by Crippen LogP contribution is 2.42. The van der Waals surface area contributed by atoms with Crippen LogP contribution in [0.25, 0.3) is 0 Å². The lowest BCUT2D eigenvalue weighted by Gasteiger charge is -2.29. The van der Waals surface area contributed by atoms with Crippen molar-refractivity contribution in [2.45, 2.75) is 31.0 Å². The van der Waals surface area contributed by atoms with Gasteiger partial charge in [-0.3, -0.25) is 10.2 Å². The number of nitrogens with one attached hydrogen (secondary N) is 2. The van der Waals surface area contributed by atoms with E-state index in [0.717, 1.165) is 11.1 Å². The van der Waals surface area contributed by atoms with Crippen molar-refractivity contribution >= 4 is 11.8 Å². The molecule has 1 aliphatic heterocycles. The van der Waals surface area contributed by atoms with Crippen LogP contribution in [0.3, 0.4) is 0 Å². The van der Waals surface area contributed by atoms with Crippen molar-refractivity contribution in [3.8, 4) is 17.2 Å². The molecule has 1 amide bonds. The van der Waals surface area contributed by atoms with Crippen LogP contribution < -0.4 is 25.1 Å². The molecule has 0 aliphatic carbocycles. The van der Waals surface area contributed by atoms with Gasteiger partial charge in [0.15, 0.2) is 23.1 Å². The van der Waals surface area contributed by atoms with Gasteiger partial charge in [0.2, 0.25) is 5.90 Å². The predicted octanol–water partition coefficient (Wildman–Crippen LogP) is 4.12. The number of ether oxygens (including phenoxy) is 4. The van der Waals surface area contributed by atoms with Crippen LogP contribution in [-0.2, 0) is 16.1 Å². The molecule has 40 heavy (non-hydrogen) atoms. The number of hydrogen-bond donors (Lipinski definition) is 3. The molecule has 0 saturated carbocycles. The minimum Gasteiger partial charge on any atom is -0.494 e. The highest BCUT2D eigenvalue weighted by Gasteiger charge is 2.52. The topological polar surface area (TPSA) is 111 Å². The fourth-order valence-corrected chi connectivity index (χ4v) is 4.49. The first-order chi connectivity index (χ1) is 19.5. The zero-order valence-electron chi connectivity index (χ0n) is 22.8. The molecule has 0 spiro atoms. The standard InChI is InChI=1S/C31H35N3O6/c1-4-17-31(30(36)34-32-21-22-11-16-26(37-2)27(20-22)38-3)28(23-9-6-5-7-10-23)40-29(33-31)24-12-14-25(15-13-24)39-19-8-18-35/h4-7,9-16,20,28,32,35H,1,8,17-19,21H2,2-3H3,(H,34,36)/t28-,31-/m0/s1. The molecule has 1 heterocycles. The summed E-state index contributed by atoms with van der Waals surface area (Å²) in [5.41, 5.74) is 6.99.